The maximum absolute atomic E-state index is 13.5. The molecule has 1 N–H and O–H groups in total. The van der Waals surface area contributed by atoms with E-state index >= 15 is 0 Å². The lowest BCUT2D eigenvalue weighted by atomic mass is 10.2. The van der Waals surface area contributed by atoms with E-state index in [0.717, 1.165) is 0 Å². The molecule has 0 amide bonds. The molecule has 1 aliphatic heterocycles. The van der Waals surface area contributed by atoms with Gasteiger partial charge in [0.1, 0.15) is 12.2 Å². The Hall–Kier alpha value is -1.95. The van der Waals surface area contributed by atoms with E-state index in [0.29, 0.717) is 11.6 Å². The first-order valence-electron chi connectivity index (χ1n) is 5.43. The molecule has 0 fully saturated rings. The van der Waals surface area contributed by atoms with E-state index in [1.807, 2.05) is 0 Å². The minimum atomic E-state index is -0.486. The van der Waals surface area contributed by atoms with Crippen molar-refractivity contribution in [1.82, 2.24) is 0 Å². The predicted octanol–water partition coefficient (Wildman–Crippen LogP) is 1.67. The molecule has 0 aromatic heterocycles. The number of anilines is 1. The molecule has 0 saturated heterocycles. The Morgan fingerprint density at radius 2 is 2.06 bits per heavy atom. The standard InChI is InChI=1S/C12H14FN3O2/c1-17-10-11(14-7-15-12(10)18-2)16-9-6-4-3-5-8(9)13/h3-7,10-11,16H,1-2H3. The van der Waals surface area contributed by atoms with Gasteiger partial charge in [-0.05, 0) is 12.1 Å². The number of ether oxygens (including phenoxy) is 2. The van der Waals surface area contributed by atoms with E-state index in [2.05, 4.69) is 15.3 Å². The van der Waals surface area contributed by atoms with Gasteiger partial charge in [0.05, 0.1) is 12.8 Å². The van der Waals surface area contributed by atoms with Crippen LogP contribution in [0.3, 0.4) is 0 Å². The Bertz CT molecular complexity index is 476. The van der Waals surface area contributed by atoms with Crippen LogP contribution >= 0.6 is 0 Å². The molecule has 1 aliphatic rings. The number of nitrogens with one attached hydrogen (secondary N) is 1. The molecule has 0 saturated carbocycles. The van der Waals surface area contributed by atoms with Crippen LogP contribution in [0.15, 0.2) is 34.3 Å². The average molecular weight is 251 g/mol. The molecule has 1 heterocycles. The van der Waals surface area contributed by atoms with Crippen molar-refractivity contribution >= 4 is 17.9 Å². The average Bonchev–Trinajstić information content (AvgIpc) is 2.41. The second kappa shape index (κ2) is 5.59. The van der Waals surface area contributed by atoms with Crippen LogP contribution in [0.5, 0.6) is 0 Å². The Morgan fingerprint density at radius 3 is 2.72 bits per heavy atom. The van der Waals surface area contributed by atoms with Crippen LogP contribution in [0.1, 0.15) is 0 Å². The smallest absolute Gasteiger partial charge is 0.223 e. The zero-order chi connectivity index (χ0) is 13.0. The van der Waals surface area contributed by atoms with E-state index in [1.54, 1.807) is 18.2 Å². The monoisotopic (exact) mass is 251 g/mol. The molecule has 0 bridgehead atoms. The minimum absolute atomic E-state index is 0.343. The Kier molecular flexibility index (Phi) is 3.88. The molecular weight excluding hydrogens is 237 g/mol. The van der Waals surface area contributed by atoms with Crippen LogP contribution < -0.4 is 5.32 Å². The Labute approximate surface area is 104 Å². The van der Waals surface area contributed by atoms with Crippen LogP contribution in [0.2, 0.25) is 0 Å². The van der Waals surface area contributed by atoms with Gasteiger partial charge in [-0.25, -0.2) is 14.4 Å². The number of methoxy groups -OCH3 is 2. The van der Waals surface area contributed by atoms with E-state index in [1.165, 1.54) is 26.6 Å². The first-order valence-corrected chi connectivity index (χ1v) is 5.43. The molecule has 5 nitrogen and oxygen atoms in total. The maximum atomic E-state index is 13.5. The van der Waals surface area contributed by atoms with Crippen molar-refractivity contribution in [2.45, 2.75) is 12.3 Å². The molecule has 18 heavy (non-hydrogen) atoms. The maximum Gasteiger partial charge on any atom is 0.223 e. The van der Waals surface area contributed by atoms with E-state index in [9.17, 15) is 4.39 Å². The van der Waals surface area contributed by atoms with Crippen molar-refractivity contribution in [3.63, 3.8) is 0 Å². The summed E-state index contributed by atoms with van der Waals surface area (Å²) in [6, 6.07) is 6.38. The Balaban J connectivity index is 2.17. The molecule has 1 aromatic carbocycles. The SMILES string of the molecule is COC1=NC=NC(Nc2ccccc2F)C1OC. The minimum Gasteiger partial charge on any atom is -0.482 e. The zero-order valence-electron chi connectivity index (χ0n) is 10.1. The van der Waals surface area contributed by atoms with Gasteiger partial charge in [-0.2, -0.15) is 0 Å². The van der Waals surface area contributed by atoms with Gasteiger partial charge in [0.25, 0.3) is 0 Å². The van der Waals surface area contributed by atoms with Crippen molar-refractivity contribution in [1.29, 1.82) is 0 Å². The normalized spacial score (nSPS) is 22.5. The predicted molar refractivity (Wildman–Crippen MR) is 67.5 cm³/mol. The summed E-state index contributed by atoms with van der Waals surface area (Å²) in [7, 11) is 3.03. The fourth-order valence-electron chi connectivity index (χ4n) is 1.70. The summed E-state index contributed by atoms with van der Waals surface area (Å²) in [5.74, 6) is 0.0605. The number of halogens is 1. The molecule has 1 aromatic rings. The number of rotatable bonds is 3. The summed E-state index contributed by atoms with van der Waals surface area (Å²) in [6.45, 7) is 0. The van der Waals surface area contributed by atoms with Gasteiger partial charge in [-0.1, -0.05) is 12.1 Å². The highest BCUT2D eigenvalue weighted by Crippen LogP contribution is 2.18. The summed E-state index contributed by atoms with van der Waals surface area (Å²) in [5, 5.41) is 2.96. The third-order valence-corrected chi connectivity index (χ3v) is 2.58. The fraction of sp³-hybridized carbons (Fsp3) is 0.333. The van der Waals surface area contributed by atoms with Gasteiger partial charge in [-0.15, -0.1) is 0 Å². The van der Waals surface area contributed by atoms with Gasteiger partial charge >= 0.3 is 0 Å². The molecule has 0 spiro atoms. The number of para-hydroxylation sites is 1. The lowest BCUT2D eigenvalue weighted by molar-refractivity contribution is 0.118. The summed E-state index contributed by atoms with van der Waals surface area (Å²) in [6.07, 6.45) is 0.409. The summed E-state index contributed by atoms with van der Waals surface area (Å²) in [4.78, 5) is 8.08. The second-order valence-electron chi connectivity index (χ2n) is 3.66. The van der Waals surface area contributed by atoms with Crippen molar-refractivity contribution < 1.29 is 13.9 Å². The van der Waals surface area contributed by atoms with Gasteiger partial charge in [0.15, 0.2) is 12.3 Å². The highest BCUT2D eigenvalue weighted by atomic mass is 19.1. The second-order valence-corrected chi connectivity index (χ2v) is 3.66. The van der Waals surface area contributed by atoms with Crippen LogP contribution in [0.25, 0.3) is 0 Å². The van der Waals surface area contributed by atoms with Crippen molar-refractivity contribution in [3.8, 4) is 0 Å². The zero-order valence-corrected chi connectivity index (χ0v) is 10.1. The van der Waals surface area contributed by atoms with E-state index in [4.69, 9.17) is 9.47 Å². The van der Waals surface area contributed by atoms with Gasteiger partial charge in [0.2, 0.25) is 5.90 Å². The van der Waals surface area contributed by atoms with Crippen molar-refractivity contribution in [3.05, 3.63) is 30.1 Å². The van der Waals surface area contributed by atoms with Gasteiger partial charge < -0.3 is 14.8 Å². The molecule has 2 rings (SSSR count). The molecular formula is C12H14FN3O2. The molecule has 6 heteroatoms. The fourth-order valence-corrected chi connectivity index (χ4v) is 1.70. The van der Waals surface area contributed by atoms with Crippen LogP contribution in [-0.4, -0.2) is 38.7 Å². The summed E-state index contributed by atoms with van der Waals surface area (Å²) >= 11 is 0. The lowest BCUT2D eigenvalue weighted by Crippen LogP contribution is -2.42. The van der Waals surface area contributed by atoms with E-state index < -0.39 is 12.3 Å². The van der Waals surface area contributed by atoms with Crippen LogP contribution in [-0.2, 0) is 9.47 Å². The van der Waals surface area contributed by atoms with Gasteiger partial charge in [-0.3, -0.25) is 0 Å². The third-order valence-electron chi connectivity index (χ3n) is 2.58. The number of hydrogen-bond donors (Lipinski definition) is 1. The molecule has 2 atom stereocenters. The molecule has 2 unspecified atom stereocenters. The molecule has 0 aliphatic carbocycles. The van der Waals surface area contributed by atoms with Gasteiger partial charge in [0, 0.05) is 7.11 Å². The largest absolute Gasteiger partial charge is 0.482 e. The highest BCUT2D eigenvalue weighted by molar-refractivity contribution is 5.90. The quantitative estimate of drug-likeness (QED) is 0.889. The van der Waals surface area contributed by atoms with E-state index in [-0.39, 0.29) is 5.82 Å². The number of aliphatic imine (C=N–C) groups is 2. The van der Waals surface area contributed by atoms with Crippen molar-refractivity contribution in [2.75, 3.05) is 19.5 Å². The molecule has 96 valence electrons. The van der Waals surface area contributed by atoms with Crippen LogP contribution in [0, 0.1) is 5.82 Å². The van der Waals surface area contributed by atoms with Crippen LogP contribution in [0.4, 0.5) is 10.1 Å². The highest BCUT2D eigenvalue weighted by Gasteiger charge is 2.29. The molecule has 0 radical (unpaired) electrons. The first-order chi connectivity index (χ1) is 8.76. The third kappa shape index (κ3) is 2.48. The number of hydrogen-bond acceptors (Lipinski definition) is 5. The lowest BCUT2D eigenvalue weighted by Gasteiger charge is -2.26. The summed E-state index contributed by atoms with van der Waals surface area (Å²) < 4.78 is 23.9. The van der Waals surface area contributed by atoms with Crippen molar-refractivity contribution in [2.24, 2.45) is 9.98 Å². The topological polar surface area (TPSA) is 55.2 Å². The summed E-state index contributed by atoms with van der Waals surface area (Å²) in [5.41, 5.74) is 0.360. The first kappa shape index (κ1) is 12.5. The number of nitrogens with zero attached hydrogens (tertiary/aromatic N) is 2. The Morgan fingerprint density at radius 1 is 1.28 bits per heavy atom. The number of benzene rings is 1.